The highest BCUT2D eigenvalue weighted by molar-refractivity contribution is 7.07. The van der Waals surface area contributed by atoms with Crippen LogP contribution in [0.3, 0.4) is 0 Å². The van der Waals surface area contributed by atoms with Crippen molar-refractivity contribution in [3.8, 4) is 0 Å². The smallest absolute Gasteiger partial charge is 0.267 e. The van der Waals surface area contributed by atoms with Crippen molar-refractivity contribution in [2.24, 2.45) is 0 Å². The van der Waals surface area contributed by atoms with Gasteiger partial charge in [-0.15, -0.1) is 5.10 Å². The van der Waals surface area contributed by atoms with Crippen LogP contribution in [-0.2, 0) is 0 Å². The van der Waals surface area contributed by atoms with Gasteiger partial charge in [0.15, 0.2) is 0 Å². The molecule has 4 nitrogen and oxygen atoms in total. The Hall–Kier alpha value is -0.970. The molecule has 0 spiro atoms. The van der Waals surface area contributed by atoms with E-state index in [1.165, 1.54) is 6.20 Å². The lowest BCUT2D eigenvalue weighted by Crippen LogP contribution is -2.35. The minimum absolute atomic E-state index is 0.0723. The summed E-state index contributed by atoms with van der Waals surface area (Å²) in [5.41, 5.74) is 0. The Balaban J connectivity index is 2.04. The standard InChI is InChI=1S/C8H10N3OS/c12-8(7-6-9-10-13-7)11-4-2-1-3-5-11/h1,6H,2-5H2. The zero-order chi connectivity index (χ0) is 9.10. The van der Waals surface area contributed by atoms with Crippen molar-refractivity contribution in [1.29, 1.82) is 0 Å². The first-order chi connectivity index (χ1) is 6.38. The zero-order valence-corrected chi connectivity index (χ0v) is 7.96. The number of hydrogen-bond acceptors (Lipinski definition) is 4. The van der Waals surface area contributed by atoms with Crippen LogP contribution in [0.5, 0.6) is 0 Å². The Bertz CT molecular complexity index is 280. The summed E-state index contributed by atoms with van der Waals surface area (Å²) in [4.78, 5) is 14.2. The number of piperidine rings is 1. The van der Waals surface area contributed by atoms with E-state index in [2.05, 4.69) is 16.0 Å². The zero-order valence-electron chi connectivity index (χ0n) is 7.14. The van der Waals surface area contributed by atoms with Crippen LogP contribution < -0.4 is 0 Å². The number of amides is 1. The summed E-state index contributed by atoms with van der Waals surface area (Å²) in [6.07, 6.45) is 5.75. The fourth-order valence-corrected chi connectivity index (χ4v) is 1.85. The molecule has 69 valence electrons. The van der Waals surface area contributed by atoms with E-state index in [4.69, 9.17) is 0 Å². The lowest BCUT2D eigenvalue weighted by Gasteiger charge is -2.25. The molecule has 0 aliphatic carbocycles. The molecule has 1 aliphatic heterocycles. The summed E-state index contributed by atoms with van der Waals surface area (Å²) < 4.78 is 3.67. The second-order valence-corrected chi connectivity index (χ2v) is 3.73. The van der Waals surface area contributed by atoms with Crippen molar-refractivity contribution in [2.75, 3.05) is 13.1 Å². The Morgan fingerprint density at radius 3 is 2.85 bits per heavy atom. The first-order valence-electron chi connectivity index (χ1n) is 4.26. The number of carbonyl (C=O) groups excluding carboxylic acids is 1. The maximum absolute atomic E-state index is 11.7. The van der Waals surface area contributed by atoms with E-state index in [1.54, 1.807) is 0 Å². The molecule has 2 rings (SSSR count). The summed E-state index contributed by atoms with van der Waals surface area (Å²) in [5.74, 6) is 0.0723. The number of carbonyl (C=O) groups is 1. The van der Waals surface area contributed by atoms with E-state index >= 15 is 0 Å². The van der Waals surface area contributed by atoms with Crippen molar-refractivity contribution >= 4 is 17.4 Å². The van der Waals surface area contributed by atoms with Gasteiger partial charge in [-0.25, -0.2) is 0 Å². The van der Waals surface area contributed by atoms with Gasteiger partial charge in [-0.3, -0.25) is 4.79 Å². The second-order valence-electron chi connectivity index (χ2n) is 2.94. The van der Waals surface area contributed by atoms with Crippen LogP contribution >= 0.6 is 11.5 Å². The van der Waals surface area contributed by atoms with Crippen molar-refractivity contribution < 1.29 is 4.79 Å². The molecule has 13 heavy (non-hydrogen) atoms. The summed E-state index contributed by atoms with van der Waals surface area (Å²) in [7, 11) is 0. The quantitative estimate of drug-likeness (QED) is 0.672. The van der Waals surface area contributed by atoms with E-state index in [-0.39, 0.29) is 5.91 Å². The van der Waals surface area contributed by atoms with Crippen LogP contribution in [0.2, 0.25) is 0 Å². The minimum Gasteiger partial charge on any atom is -0.338 e. The summed E-state index contributed by atoms with van der Waals surface area (Å²) in [5, 5.41) is 3.65. The molecular formula is C8H10N3OS. The maximum Gasteiger partial charge on any atom is 0.267 e. The topological polar surface area (TPSA) is 46.1 Å². The molecule has 0 unspecified atom stereocenters. The molecule has 1 amide bonds. The molecule has 1 aromatic rings. The molecule has 1 fully saturated rings. The van der Waals surface area contributed by atoms with Gasteiger partial charge < -0.3 is 4.90 Å². The van der Waals surface area contributed by atoms with Gasteiger partial charge in [-0.2, -0.15) is 0 Å². The van der Waals surface area contributed by atoms with Crippen molar-refractivity contribution in [3.63, 3.8) is 0 Å². The molecule has 0 bridgehead atoms. The van der Waals surface area contributed by atoms with Gasteiger partial charge >= 0.3 is 0 Å². The molecule has 0 aromatic carbocycles. The Kier molecular flexibility index (Phi) is 2.54. The minimum atomic E-state index is 0.0723. The molecule has 0 N–H and O–H groups in total. The maximum atomic E-state index is 11.7. The van der Waals surface area contributed by atoms with Gasteiger partial charge in [0.1, 0.15) is 4.88 Å². The predicted molar refractivity (Wildman–Crippen MR) is 49.3 cm³/mol. The van der Waals surface area contributed by atoms with E-state index < -0.39 is 0 Å². The first kappa shape index (κ1) is 8.62. The van der Waals surface area contributed by atoms with Crippen LogP contribution in [0.15, 0.2) is 6.20 Å². The van der Waals surface area contributed by atoms with Crippen LogP contribution in [0, 0.1) is 6.42 Å². The average Bonchev–Trinajstić information content (AvgIpc) is 2.71. The van der Waals surface area contributed by atoms with Gasteiger partial charge in [-0.1, -0.05) is 4.49 Å². The fourth-order valence-electron chi connectivity index (χ4n) is 1.37. The third kappa shape index (κ3) is 1.85. The number of rotatable bonds is 1. The Labute approximate surface area is 80.7 Å². The highest BCUT2D eigenvalue weighted by Gasteiger charge is 2.19. The molecule has 5 heteroatoms. The number of hydrogen-bond donors (Lipinski definition) is 0. The molecule has 0 atom stereocenters. The SMILES string of the molecule is O=C(c1cnns1)N1CC[CH]CC1. The largest absolute Gasteiger partial charge is 0.338 e. The van der Waals surface area contributed by atoms with Gasteiger partial charge in [0, 0.05) is 13.1 Å². The summed E-state index contributed by atoms with van der Waals surface area (Å²) in [6, 6.07) is 0. The molecule has 1 aromatic heterocycles. The van der Waals surface area contributed by atoms with Gasteiger partial charge in [-0.05, 0) is 30.8 Å². The van der Waals surface area contributed by atoms with Crippen LogP contribution in [0.1, 0.15) is 22.5 Å². The van der Waals surface area contributed by atoms with Gasteiger partial charge in [0.25, 0.3) is 5.91 Å². The Morgan fingerprint density at radius 2 is 2.23 bits per heavy atom. The van der Waals surface area contributed by atoms with Gasteiger partial charge in [0.2, 0.25) is 0 Å². The number of nitrogens with zero attached hydrogens (tertiary/aromatic N) is 3. The molecular weight excluding hydrogens is 186 g/mol. The molecule has 2 heterocycles. The van der Waals surface area contributed by atoms with Crippen molar-refractivity contribution in [2.45, 2.75) is 12.8 Å². The predicted octanol–water partition coefficient (Wildman–Crippen LogP) is 0.978. The summed E-state index contributed by atoms with van der Waals surface area (Å²) in [6.45, 7) is 1.66. The first-order valence-corrected chi connectivity index (χ1v) is 5.03. The normalized spacial score (nSPS) is 17.4. The van der Waals surface area contributed by atoms with E-state index in [9.17, 15) is 4.79 Å². The van der Waals surface area contributed by atoms with E-state index in [0.29, 0.717) is 4.88 Å². The van der Waals surface area contributed by atoms with Crippen LogP contribution in [0.25, 0.3) is 0 Å². The second kappa shape index (κ2) is 3.83. The van der Waals surface area contributed by atoms with Crippen molar-refractivity contribution in [1.82, 2.24) is 14.5 Å². The molecule has 1 saturated heterocycles. The highest BCUT2D eigenvalue weighted by Crippen LogP contribution is 2.13. The number of aromatic nitrogens is 2. The summed E-state index contributed by atoms with van der Waals surface area (Å²) >= 11 is 1.16. The highest BCUT2D eigenvalue weighted by atomic mass is 32.1. The van der Waals surface area contributed by atoms with Gasteiger partial charge in [0.05, 0.1) is 6.20 Å². The van der Waals surface area contributed by atoms with Crippen LogP contribution in [-0.4, -0.2) is 33.5 Å². The monoisotopic (exact) mass is 196 g/mol. The van der Waals surface area contributed by atoms with E-state index in [1.807, 2.05) is 4.90 Å². The lowest BCUT2D eigenvalue weighted by atomic mass is 10.1. The van der Waals surface area contributed by atoms with Crippen LogP contribution in [0.4, 0.5) is 0 Å². The lowest BCUT2D eigenvalue weighted by molar-refractivity contribution is 0.0746. The molecule has 1 radical (unpaired) electrons. The molecule has 0 saturated carbocycles. The van der Waals surface area contributed by atoms with E-state index in [0.717, 1.165) is 37.5 Å². The Morgan fingerprint density at radius 1 is 1.46 bits per heavy atom. The number of likely N-dealkylation sites (tertiary alicyclic amines) is 1. The third-order valence-electron chi connectivity index (χ3n) is 2.07. The van der Waals surface area contributed by atoms with Crippen molar-refractivity contribution in [3.05, 3.63) is 17.5 Å². The third-order valence-corrected chi connectivity index (χ3v) is 2.72. The molecule has 1 aliphatic rings. The fraction of sp³-hybridized carbons (Fsp3) is 0.500. The average molecular weight is 196 g/mol.